The van der Waals surface area contributed by atoms with Crippen molar-refractivity contribution in [3.05, 3.63) is 53.6 Å². The Bertz CT molecular complexity index is 928. The number of aromatic hydroxyl groups is 1. The lowest BCUT2D eigenvalue weighted by atomic mass is 10.2. The molecule has 3 rings (SSSR count). The number of aryl methyl sites for hydroxylation is 2. The highest BCUT2D eigenvalue weighted by Gasteiger charge is 2.11. The minimum absolute atomic E-state index is 0.119. The molecule has 1 heterocycles. The van der Waals surface area contributed by atoms with Gasteiger partial charge in [-0.2, -0.15) is 0 Å². The minimum atomic E-state index is -0.530. The standard InChI is InChI=1S/C18H17N3O3/c1-11-4-3-5-13(8-11)24-10-16(22)20-21-17-14-9-12(2)6-7-15(14)19-18(17)23/h3-9,19,23H,10H2,1-2H3. The molecule has 1 amide bonds. The predicted octanol–water partition coefficient (Wildman–Crippen LogP) is 4.18. The molecule has 0 fully saturated rings. The van der Waals surface area contributed by atoms with Crippen LogP contribution in [0.2, 0.25) is 0 Å². The van der Waals surface area contributed by atoms with E-state index in [1.807, 2.05) is 50.2 Å². The molecule has 0 bridgehead atoms. The predicted molar refractivity (Wildman–Crippen MR) is 90.9 cm³/mol. The molecule has 0 saturated heterocycles. The average Bonchev–Trinajstić information content (AvgIpc) is 2.86. The number of aromatic amines is 1. The van der Waals surface area contributed by atoms with E-state index < -0.39 is 5.91 Å². The minimum Gasteiger partial charge on any atom is -0.493 e. The first-order valence-corrected chi connectivity index (χ1v) is 7.48. The number of amides is 1. The van der Waals surface area contributed by atoms with E-state index in [4.69, 9.17) is 4.74 Å². The summed E-state index contributed by atoms with van der Waals surface area (Å²) in [6, 6.07) is 13.0. The molecule has 0 unspecified atom stereocenters. The van der Waals surface area contributed by atoms with Crippen molar-refractivity contribution in [2.75, 3.05) is 6.61 Å². The van der Waals surface area contributed by atoms with Crippen molar-refractivity contribution in [1.82, 2.24) is 4.98 Å². The molecule has 0 radical (unpaired) electrons. The van der Waals surface area contributed by atoms with Crippen molar-refractivity contribution in [3.63, 3.8) is 0 Å². The van der Waals surface area contributed by atoms with Crippen LogP contribution in [-0.2, 0) is 4.79 Å². The number of azo groups is 1. The first-order valence-electron chi connectivity index (χ1n) is 7.48. The average molecular weight is 323 g/mol. The summed E-state index contributed by atoms with van der Waals surface area (Å²) < 4.78 is 5.38. The maximum Gasteiger partial charge on any atom is 0.302 e. The summed E-state index contributed by atoms with van der Waals surface area (Å²) in [7, 11) is 0. The molecule has 24 heavy (non-hydrogen) atoms. The zero-order valence-corrected chi connectivity index (χ0v) is 13.4. The lowest BCUT2D eigenvalue weighted by Crippen LogP contribution is -2.07. The topological polar surface area (TPSA) is 87.0 Å². The number of hydrogen-bond acceptors (Lipinski definition) is 4. The van der Waals surface area contributed by atoms with Gasteiger partial charge in [-0.15, -0.1) is 10.2 Å². The van der Waals surface area contributed by atoms with Gasteiger partial charge in [0.25, 0.3) is 0 Å². The van der Waals surface area contributed by atoms with Gasteiger partial charge in [-0.3, -0.25) is 4.79 Å². The second kappa shape index (κ2) is 6.54. The molecule has 0 aliphatic rings. The van der Waals surface area contributed by atoms with Crippen LogP contribution in [0.3, 0.4) is 0 Å². The second-order valence-corrected chi connectivity index (χ2v) is 5.57. The van der Waals surface area contributed by atoms with Crippen LogP contribution >= 0.6 is 0 Å². The summed E-state index contributed by atoms with van der Waals surface area (Å²) in [6.07, 6.45) is 0. The van der Waals surface area contributed by atoms with Crippen molar-refractivity contribution in [2.45, 2.75) is 13.8 Å². The van der Waals surface area contributed by atoms with Gasteiger partial charge in [-0.05, 0) is 43.7 Å². The molecular formula is C18H17N3O3. The van der Waals surface area contributed by atoms with Gasteiger partial charge >= 0.3 is 5.91 Å². The number of aromatic nitrogens is 1. The van der Waals surface area contributed by atoms with Crippen LogP contribution in [0.5, 0.6) is 11.6 Å². The van der Waals surface area contributed by atoms with Gasteiger partial charge in [0.15, 0.2) is 12.3 Å². The van der Waals surface area contributed by atoms with Gasteiger partial charge in [-0.1, -0.05) is 23.8 Å². The molecule has 3 aromatic rings. The normalized spacial score (nSPS) is 11.2. The number of ether oxygens (including phenoxy) is 1. The molecule has 6 heteroatoms. The number of hydrogen-bond donors (Lipinski definition) is 2. The molecule has 1 aromatic heterocycles. The van der Waals surface area contributed by atoms with Crippen LogP contribution in [0.15, 0.2) is 52.7 Å². The SMILES string of the molecule is Cc1cccc(OCC(=O)N=Nc2c(O)[nH]c3ccc(C)cc23)c1. The van der Waals surface area contributed by atoms with Gasteiger partial charge in [-0.25, -0.2) is 0 Å². The molecule has 0 aliphatic carbocycles. The fourth-order valence-corrected chi connectivity index (χ4v) is 2.36. The molecule has 0 atom stereocenters. The van der Waals surface area contributed by atoms with Crippen molar-refractivity contribution < 1.29 is 14.6 Å². The summed E-state index contributed by atoms with van der Waals surface area (Å²) in [4.78, 5) is 14.6. The Kier molecular flexibility index (Phi) is 4.29. The van der Waals surface area contributed by atoms with E-state index in [0.29, 0.717) is 11.1 Å². The number of H-pyrrole nitrogens is 1. The first-order chi connectivity index (χ1) is 11.5. The maximum atomic E-state index is 11.8. The van der Waals surface area contributed by atoms with Crippen LogP contribution in [0.25, 0.3) is 10.9 Å². The number of fused-ring (bicyclic) bond motifs is 1. The Morgan fingerprint density at radius 1 is 1.17 bits per heavy atom. The third-order valence-electron chi connectivity index (χ3n) is 3.52. The van der Waals surface area contributed by atoms with Crippen molar-refractivity contribution >= 4 is 22.5 Å². The zero-order chi connectivity index (χ0) is 17.1. The fraction of sp³-hybridized carbons (Fsp3) is 0.167. The lowest BCUT2D eigenvalue weighted by Gasteiger charge is -2.03. The smallest absolute Gasteiger partial charge is 0.302 e. The van der Waals surface area contributed by atoms with Gasteiger partial charge in [0.2, 0.25) is 5.88 Å². The zero-order valence-electron chi connectivity index (χ0n) is 13.4. The number of rotatable bonds is 4. The highest BCUT2D eigenvalue weighted by molar-refractivity contribution is 5.94. The largest absolute Gasteiger partial charge is 0.493 e. The third kappa shape index (κ3) is 3.43. The van der Waals surface area contributed by atoms with E-state index >= 15 is 0 Å². The highest BCUT2D eigenvalue weighted by atomic mass is 16.5. The van der Waals surface area contributed by atoms with Gasteiger partial charge in [0.1, 0.15) is 5.75 Å². The van der Waals surface area contributed by atoms with Crippen molar-refractivity contribution in [1.29, 1.82) is 0 Å². The lowest BCUT2D eigenvalue weighted by molar-refractivity contribution is -0.120. The molecular weight excluding hydrogens is 306 g/mol. The van der Waals surface area contributed by atoms with E-state index in [2.05, 4.69) is 15.2 Å². The monoisotopic (exact) mass is 323 g/mol. The van der Waals surface area contributed by atoms with Crippen LogP contribution in [-0.4, -0.2) is 22.6 Å². The Morgan fingerprint density at radius 3 is 2.75 bits per heavy atom. The quantitative estimate of drug-likeness (QED) is 0.706. The van der Waals surface area contributed by atoms with Gasteiger partial charge in [0, 0.05) is 5.39 Å². The second-order valence-electron chi connectivity index (χ2n) is 5.57. The first kappa shape index (κ1) is 15.7. The summed E-state index contributed by atoms with van der Waals surface area (Å²) >= 11 is 0. The van der Waals surface area contributed by atoms with Crippen LogP contribution in [0.4, 0.5) is 5.69 Å². The molecule has 122 valence electrons. The summed E-state index contributed by atoms with van der Waals surface area (Å²) in [6.45, 7) is 3.66. The number of nitrogens with one attached hydrogen (secondary N) is 1. The van der Waals surface area contributed by atoms with Crippen molar-refractivity contribution in [3.8, 4) is 11.6 Å². The van der Waals surface area contributed by atoms with Gasteiger partial charge in [0.05, 0.1) is 5.52 Å². The summed E-state index contributed by atoms with van der Waals surface area (Å²) in [5, 5.41) is 18.1. The van der Waals surface area contributed by atoms with E-state index in [0.717, 1.165) is 16.6 Å². The molecule has 6 nitrogen and oxygen atoms in total. The number of benzene rings is 2. The van der Waals surface area contributed by atoms with Crippen LogP contribution in [0, 0.1) is 13.8 Å². The fourth-order valence-electron chi connectivity index (χ4n) is 2.36. The molecule has 0 saturated carbocycles. The van der Waals surface area contributed by atoms with Crippen molar-refractivity contribution in [2.24, 2.45) is 10.2 Å². The van der Waals surface area contributed by atoms with Gasteiger partial charge < -0.3 is 14.8 Å². The number of carbonyl (C=O) groups is 1. The highest BCUT2D eigenvalue weighted by Crippen LogP contribution is 2.35. The van der Waals surface area contributed by atoms with Crippen LogP contribution < -0.4 is 4.74 Å². The number of carbonyl (C=O) groups excluding carboxylic acids is 1. The molecule has 2 N–H and O–H groups in total. The Hall–Kier alpha value is -3.15. The van der Waals surface area contributed by atoms with E-state index in [1.165, 1.54) is 0 Å². The van der Waals surface area contributed by atoms with Crippen LogP contribution in [0.1, 0.15) is 11.1 Å². The molecule has 0 aliphatic heterocycles. The summed E-state index contributed by atoms with van der Waals surface area (Å²) in [5.74, 6) is -0.0474. The summed E-state index contributed by atoms with van der Waals surface area (Å²) in [5.41, 5.74) is 3.04. The van der Waals surface area contributed by atoms with E-state index in [9.17, 15) is 9.90 Å². The number of nitrogens with zero attached hydrogens (tertiary/aromatic N) is 2. The Balaban J connectivity index is 1.72. The molecule has 2 aromatic carbocycles. The Labute approximate surface area is 138 Å². The van der Waals surface area contributed by atoms with E-state index in [-0.39, 0.29) is 18.2 Å². The molecule has 0 spiro atoms. The van der Waals surface area contributed by atoms with E-state index in [1.54, 1.807) is 6.07 Å². The maximum absolute atomic E-state index is 11.8. The Morgan fingerprint density at radius 2 is 1.96 bits per heavy atom. The third-order valence-corrected chi connectivity index (χ3v) is 3.52.